The second-order valence-electron chi connectivity index (χ2n) is 18.8. The van der Waals surface area contributed by atoms with Crippen molar-refractivity contribution in [1.82, 2.24) is 0 Å². The first-order valence-electron chi connectivity index (χ1n) is 24.1. The number of aromatic hydroxyl groups is 7. The van der Waals surface area contributed by atoms with E-state index in [-0.39, 0.29) is 50.9 Å². The molecule has 1 aromatic heterocycles. The lowest BCUT2D eigenvalue weighted by molar-refractivity contribution is -0.328. The molecule has 16 N–H and O–H groups in total. The van der Waals surface area contributed by atoms with E-state index in [9.17, 15) is 96.1 Å². The van der Waals surface area contributed by atoms with Crippen LogP contribution in [0.3, 0.4) is 0 Å². The number of hydrogen-bond acceptors (Lipinski definition) is 29. The number of rotatable bonds is 15. The van der Waals surface area contributed by atoms with Gasteiger partial charge in [-0.05, 0) is 42.5 Å². The zero-order valence-corrected chi connectivity index (χ0v) is 41.0. The van der Waals surface area contributed by atoms with Gasteiger partial charge in [0.15, 0.2) is 35.1 Å². The van der Waals surface area contributed by atoms with Crippen molar-refractivity contribution in [2.75, 3.05) is 19.8 Å². The monoisotopic (exact) mass is 1130 g/mol. The fourth-order valence-electron chi connectivity index (χ4n) is 8.95. The molecule has 0 aliphatic carbocycles. The van der Waals surface area contributed by atoms with Crippen LogP contribution in [0.15, 0.2) is 81.7 Å². The summed E-state index contributed by atoms with van der Waals surface area (Å²) in [5.41, 5.74) is -0.584. The number of phenols is 7. The van der Waals surface area contributed by atoms with Gasteiger partial charge in [-0.1, -0.05) is 0 Å². The first-order valence-corrected chi connectivity index (χ1v) is 24.1. The Bertz CT molecular complexity index is 3160. The summed E-state index contributed by atoms with van der Waals surface area (Å²) in [6.07, 6.45) is -29.9. The molecule has 430 valence electrons. The van der Waals surface area contributed by atoms with Crippen molar-refractivity contribution in [2.45, 2.75) is 105 Å². The van der Waals surface area contributed by atoms with Crippen molar-refractivity contribution in [3.05, 3.63) is 93.8 Å². The van der Waals surface area contributed by atoms with Crippen molar-refractivity contribution in [2.24, 2.45) is 0 Å². The van der Waals surface area contributed by atoms with Gasteiger partial charge < -0.3 is 129 Å². The van der Waals surface area contributed by atoms with E-state index in [1.54, 1.807) is 0 Å². The van der Waals surface area contributed by atoms with Gasteiger partial charge in [-0.15, -0.1) is 0 Å². The molecule has 3 fully saturated rings. The van der Waals surface area contributed by atoms with E-state index in [0.29, 0.717) is 5.56 Å². The predicted octanol–water partition coefficient (Wildman–Crippen LogP) is -2.11. The van der Waals surface area contributed by atoms with Crippen LogP contribution in [-0.4, -0.2) is 206 Å². The Morgan fingerprint density at radius 1 is 0.525 bits per heavy atom. The minimum atomic E-state index is -2.04. The molecule has 4 aliphatic heterocycles. The lowest BCUT2D eigenvalue weighted by atomic mass is 9.98. The Hall–Kier alpha value is -7.75. The largest absolute Gasteiger partial charge is 0.508 e. The summed E-state index contributed by atoms with van der Waals surface area (Å²) >= 11 is 0. The van der Waals surface area contributed by atoms with E-state index in [1.165, 1.54) is 36.4 Å². The van der Waals surface area contributed by atoms with E-state index in [0.717, 1.165) is 36.4 Å². The molecule has 4 aromatic carbocycles. The summed E-state index contributed by atoms with van der Waals surface area (Å²) < 4.78 is 55.9. The predicted molar refractivity (Wildman–Crippen MR) is 258 cm³/mol. The average molecular weight is 1130 g/mol. The van der Waals surface area contributed by atoms with E-state index in [1.807, 2.05) is 0 Å². The molecule has 0 amide bonds. The highest BCUT2D eigenvalue weighted by molar-refractivity contribution is 5.91. The second kappa shape index (κ2) is 23.1. The molecule has 29 heteroatoms. The molecule has 29 nitrogen and oxygen atoms in total. The van der Waals surface area contributed by atoms with Crippen LogP contribution in [0.2, 0.25) is 0 Å². The summed E-state index contributed by atoms with van der Waals surface area (Å²) in [5.74, 6) is -7.30. The molecular formula is C51H52O29. The van der Waals surface area contributed by atoms with Gasteiger partial charge in [-0.3, -0.25) is 14.4 Å². The maximum Gasteiger partial charge on any atom is 0.317 e. The third-order valence-electron chi connectivity index (χ3n) is 13.3. The van der Waals surface area contributed by atoms with Gasteiger partial charge in [0.05, 0.1) is 12.2 Å². The minimum absolute atomic E-state index is 0.0493. The molecular weight excluding hydrogens is 1080 g/mol. The summed E-state index contributed by atoms with van der Waals surface area (Å²) in [5, 5.41) is 168. The van der Waals surface area contributed by atoms with Gasteiger partial charge in [0.2, 0.25) is 12.6 Å². The van der Waals surface area contributed by atoms with Crippen LogP contribution in [-0.2, 0) is 42.7 Å². The Labute approximate surface area is 447 Å². The first-order chi connectivity index (χ1) is 37.9. The van der Waals surface area contributed by atoms with Gasteiger partial charge in [-0.25, -0.2) is 0 Å². The van der Waals surface area contributed by atoms with Crippen LogP contribution < -0.4 is 14.9 Å². The minimum Gasteiger partial charge on any atom is -0.508 e. The normalized spacial score (nSPS) is 30.3. The summed E-state index contributed by atoms with van der Waals surface area (Å²) in [6, 6.07) is 12.9. The third-order valence-corrected chi connectivity index (χ3v) is 13.3. The Morgan fingerprint density at radius 2 is 1.06 bits per heavy atom. The van der Waals surface area contributed by atoms with Crippen molar-refractivity contribution >= 4 is 29.0 Å². The number of phenolic OH excluding ortho intramolecular Hbond substituents is 7. The number of fused-ring (bicyclic) bond motifs is 2. The Morgan fingerprint density at radius 3 is 1.65 bits per heavy atom. The highest BCUT2D eigenvalue weighted by Crippen LogP contribution is 2.47. The quantitative estimate of drug-likeness (QED) is 0.0303. The van der Waals surface area contributed by atoms with E-state index in [4.69, 9.17) is 47.0 Å². The molecule has 5 aromatic rings. The van der Waals surface area contributed by atoms with Crippen LogP contribution in [0.1, 0.15) is 23.7 Å². The van der Waals surface area contributed by atoms with Gasteiger partial charge in [0.1, 0.15) is 150 Å². The maximum atomic E-state index is 12.9. The van der Waals surface area contributed by atoms with Gasteiger partial charge >= 0.3 is 11.9 Å². The number of esters is 2. The molecule has 0 radical (unpaired) electrons. The van der Waals surface area contributed by atoms with Gasteiger partial charge in [0.25, 0.3) is 0 Å². The van der Waals surface area contributed by atoms with Crippen molar-refractivity contribution in [3.8, 4) is 63.1 Å². The number of carbonyl (C=O) groups excluding carboxylic acids is 2. The standard InChI is InChI=1S/C51H52O29/c52-19-3-1-17(2-4-19)28-12-25(56)37-24(55)9-21(10-30(37)75-28)74-50-46(69)43(66)40(63)33(79-50)15-72-36(60)13-35(59)71-14-32-39(62)42(65)45(68)49(78-32)73-16-34-41(64)44(67)47(70)51(80-34)77-31-11-22-23(54)7-20(53)8-29(22)76-48(31)18-5-26(57)38(61)27(58)6-18/h1-12,32-34,39-55,57-58,61-70H,13-16H2/t32-,33-,34-,39-,40-,41-,42+,43+,44+,45-,46+,47-,48?,49-,50-,51-/m1/s1. The molecule has 0 spiro atoms. The lowest BCUT2D eigenvalue weighted by Crippen LogP contribution is -2.61. The Kier molecular flexibility index (Phi) is 16.5. The highest BCUT2D eigenvalue weighted by atomic mass is 16.7. The summed E-state index contributed by atoms with van der Waals surface area (Å²) in [7, 11) is 0. The number of hydrogen-bond donors (Lipinski definition) is 16. The number of benzene rings is 4. The summed E-state index contributed by atoms with van der Waals surface area (Å²) in [6.45, 7) is -2.57. The van der Waals surface area contributed by atoms with Gasteiger partial charge in [-0.2, -0.15) is 0 Å². The number of aliphatic hydroxyl groups excluding tert-OH is 9. The lowest BCUT2D eigenvalue weighted by Gasteiger charge is -2.43. The third kappa shape index (κ3) is 11.8. The first kappa shape index (κ1) is 57.0. The molecule has 3 saturated heterocycles. The molecule has 5 heterocycles. The van der Waals surface area contributed by atoms with Crippen LogP contribution in [0.4, 0.5) is 0 Å². The molecule has 80 heavy (non-hydrogen) atoms. The summed E-state index contributed by atoms with van der Waals surface area (Å²) in [4.78, 5) is 38.5. The molecule has 0 saturated carbocycles. The van der Waals surface area contributed by atoms with Crippen LogP contribution >= 0.6 is 0 Å². The van der Waals surface area contributed by atoms with Gasteiger partial charge in [0, 0.05) is 41.5 Å². The van der Waals surface area contributed by atoms with Crippen molar-refractivity contribution < 1.29 is 138 Å². The van der Waals surface area contributed by atoms with E-state index in [2.05, 4.69) is 0 Å². The van der Waals surface area contributed by atoms with E-state index < -0.39 is 176 Å². The Balaban J connectivity index is 0.786. The SMILES string of the molecule is O=C(CC(=O)OC[C@H]1O[C@@H](OC[C@H]2O[C@@H](OC3=Cc4c(O)cc(O)cc4OC3c3cc(O)c(O)c(O)c3)[C@H](O)[C@@H](O)[C@@H]2O)[C@H](O)[C@@H](O)[C@@H]1O)OC[C@H]1O[C@@H](Oc2cc(O)c3c(=O)cc(-c4ccc(O)cc4)oc3c2)[C@@H](O)[C@@H](O)[C@@H]1O. The molecule has 0 bridgehead atoms. The smallest absolute Gasteiger partial charge is 0.317 e. The molecule has 16 atom stereocenters. The number of carbonyl (C=O) groups is 2. The zero-order chi connectivity index (χ0) is 57.6. The maximum absolute atomic E-state index is 12.9. The topological polar surface area (TPSA) is 471 Å². The van der Waals surface area contributed by atoms with Crippen LogP contribution in [0, 0.1) is 0 Å². The molecule has 1 unspecified atom stereocenters. The van der Waals surface area contributed by atoms with Crippen LogP contribution in [0.25, 0.3) is 28.4 Å². The second-order valence-corrected chi connectivity index (χ2v) is 18.8. The zero-order valence-electron chi connectivity index (χ0n) is 41.0. The van der Waals surface area contributed by atoms with Crippen molar-refractivity contribution in [3.63, 3.8) is 0 Å². The fraction of sp³-hybridized carbons (Fsp3) is 0.392. The number of ether oxygens (including phenoxy) is 9. The van der Waals surface area contributed by atoms with Crippen LogP contribution in [0.5, 0.6) is 51.7 Å². The molecule has 4 aliphatic rings. The molecule has 9 rings (SSSR count). The van der Waals surface area contributed by atoms with E-state index >= 15 is 0 Å². The fourth-order valence-corrected chi connectivity index (χ4v) is 8.95. The highest BCUT2D eigenvalue weighted by Gasteiger charge is 2.50. The van der Waals surface area contributed by atoms with Crippen molar-refractivity contribution in [1.29, 1.82) is 0 Å². The number of aliphatic hydroxyl groups is 9. The average Bonchev–Trinajstić information content (AvgIpc) is 3.49.